The van der Waals surface area contributed by atoms with Gasteiger partial charge < -0.3 is 14.6 Å². The normalized spacial score (nSPS) is 35.5. The highest BCUT2D eigenvalue weighted by atomic mass is 79.9. The molecule has 5 heteroatoms. The molecule has 4 atom stereocenters. The van der Waals surface area contributed by atoms with Gasteiger partial charge in [0.05, 0.1) is 11.4 Å². The summed E-state index contributed by atoms with van der Waals surface area (Å²) >= 11 is 5.19. The Morgan fingerprint density at radius 1 is 1.20 bits per heavy atom. The summed E-state index contributed by atoms with van der Waals surface area (Å²) in [4.78, 5) is 1.13. The number of aliphatic hydroxyl groups is 1. The molecule has 3 rings (SSSR count). The van der Waals surface area contributed by atoms with Crippen LogP contribution in [-0.2, 0) is 9.47 Å². The molecule has 1 aromatic rings. The quantitative estimate of drug-likeness (QED) is 0.881. The van der Waals surface area contributed by atoms with Crippen LogP contribution < -0.4 is 0 Å². The maximum Gasteiger partial charge on any atom is 0.164 e. The molecule has 0 radical (unpaired) electrons. The van der Waals surface area contributed by atoms with E-state index in [4.69, 9.17) is 9.47 Å². The summed E-state index contributed by atoms with van der Waals surface area (Å²) in [6.45, 7) is 3.75. The van der Waals surface area contributed by atoms with Crippen LogP contribution in [0.5, 0.6) is 0 Å². The van der Waals surface area contributed by atoms with Gasteiger partial charge >= 0.3 is 0 Å². The van der Waals surface area contributed by atoms with E-state index >= 15 is 0 Å². The number of halogens is 1. The highest BCUT2D eigenvalue weighted by molar-refractivity contribution is 9.11. The van der Waals surface area contributed by atoms with E-state index in [0.29, 0.717) is 0 Å². The van der Waals surface area contributed by atoms with Crippen LogP contribution in [0.4, 0.5) is 0 Å². The molecule has 1 saturated heterocycles. The van der Waals surface area contributed by atoms with Gasteiger partial charge in [0.1, 0.15) is 12.2 Å². The summed E-state index contributed by atoms with van der Waals surface area (Å²) in [5.74, 6) is -0.657. The lowest BCUT2D eigenvalue weighted by atomic mass is 9.98. The average molecular weight is 357 g/mol. The fourth-order valence-electron chi connectivity index (χ4n) is 2.55. The van der Waals surface area contributed by atoms with E-state index in [9.17, 15) is 5.11 Å². The molecule has 1 aliphatic heterocycles. The van der Waals surface area contributed by atoms with Crippen molar-refractivity contribution in [1.82, 2.24) is 0 Å². The minimum Gasteiger partial charge on any atom is -0.389 e. The van der Waals surface area contributed by atoms with Crippen molar-refractivity contribution >= 4 is 27.7 Å². The third-order valence-electron chi connectivity index (χ3n) is 3.41. The number of rotatable bonds is 2. The van der Waals surface area contributed by atoms with Gasteiger partial charge in [0, 0.05) is 9.38 Å². The Hall–Kier alpha value is -0.330. The van der Waals surface area contributed by atoms with Crippen LogP contribution >= 0.6 is 27.7 Å². The summed E-state index contributed by atoms with van der Waals surface area (Å²) in [6, 6.07) is 10.1. The first-order chi connectivity index (χ1) is 9.46. The summed E-state index contributed by atoms with van der Waals surface area (Å²) in [5, 5.41) is 10.5. The highest BCUT2D eigenvalue weighted by Gasteiger charge is 2.50. The van der Waals surface area contributed by atoms with E-state index in [1.54, 1.807) is 11.8 Å². The Morgan fingerprint density at radius 3 is 2.60 bits per heavy atom. The largest absolute Gasteiger partial charge is 0.389 e. The van der Waals surface area contributed by atoms with E-state index in [2.05, 4.69) is 15.9 Å². The van der Waals surface area contributed by atoms with Crippen LogP contribution in [0.2, 0.25) is 0 Å². The summed E-state index contributed by atoms with van der Waals surface area (Å²) < 4.78 is 12.6. The number of fused-ring (bicyclic) bond motifs is 1. The highest BCUT2D eigenvalue weighted by Crippen LogP contribution is 2.43. The van der Waals surface area contributed by atoms with Gasteiger partial charge in [0.25, 0.3) is 0 Å². The number of hydrogen-bond acceptors (Lipinski definition) is 4. The number of thioether (sulfide) groups is 1. The topological polar surface area (TPSA) is 38.7 Å². The van der Waals surface area contributed by atoms with Crippen LogP contribution in [0.15, 0.2) is 45.8 Å². The molecule has 0 bridgehead atoms. The zero-order valence-electron chi connectivity index (χ0n) is 11.3. The summed E-state index contributed by atoms with van der Waals surface area (Å²) in [7, 11) is 0. The molecule has 108 valence electrons. The SMILES string of the molecule is CC1(C)O[C@H]2[C@H](O)[C@@H](Sc3ccccc3)C=C(Br)[C@H]2O1. The average Bonchev–Trinajstić information content (AvgIpc) is 2.74. The van der Waals surface area contributed by atoms with Crippen LogP contribution in [-0.4, -0.2) is 34.5 Å². The Bertz CT molecular complexity index is 517. The first-order valence-corrected chi connectivity index (χ1v) is 8.26. The molecular weight excluding hydrogens is 340 g/mol. The zero-order valence-corrected chi connectivity index (χ0v) is 13.7. The maximum absolute atomic E-state index is 10.6. The summed E-state index contributed by atoms with van der Waals surface area (Å²) in [5.41, 5.74) is 0. The van der Waals surface area contributed by atoms with E-state index in [0.717, 1.165) is 9.38 Å². The maximum atomic E-state index is 10.6. The van der Waals surface area contributed by atoms with E-state index in [1.807, 2.05) is 50.3 Å². The van der Waals surface area contributed by atoms with Crippen LogP contribution in [0.3, 0.4) is 0 Å². The smallest absolute Gasteiger partial charge is 0.164 e. The third kappa shape index (κ3) is 2.83. The van der Waals surface area contributed by atoms with Crippen molar-refractivity contribution in [2.45, 2.75) is 48.1 Å². The monoisotopic (exact) mass is 356 g/mol. The molecule has 20 heavy (non-hydrogen) atoms. The minimum absolute atomic E-state index is 0.0504. The Balaban J connectivity index is 1.81. The third-order valence-corrected chi connectivity index (χ3v) is 5.36. The molecule has 1 N–H and O–H groups in total. The van der Waals surface area contributed by atoms with Crippen molar-refractivity contribution in [3.05, 3.63) is 40.9 Å². The second kappa shape index (κ2) is 5.46. The molecular formula is C15H17BrO3S. The lowest BCUT2D eigenvalue weighted by molar-refractivity contribution is -0.152. The molecule has 1 aliphatic carbocycles. The van der Waals surface area contributed by atoms with Gasteiger partial charge in [-0.2, -0.15) is 0 Å². The van der Waals surface area contributed by atoms with Crippen molar-refractivity contribution < 1.29 is 14.6 Å². The van der Waals surface area contributed by atoms with Crippen molar-refractivity contribution in [3.63, 3.8) is 0 Å². The predicted molar refractivity (Wildman–Crippen MR) is 82.9 cm³/mol. The fraction of sp³-hybridized carbons (Fsp3) is 0.467. The van der Waals surface area contributed by atoms with Crippen LogP contribution in [0.1, 0.15) is 13.8 Å². The molecule has 3 nitrogen and oxygen atoms in total. The Morgan fingerprint density at radius 2 is 1.90 bits per heavy atom. The van der Waals surface area contributed by atoms with Gasteiger partial charge in [-0.3, -0.25) is 0 Å². The standard InChI is InChI=1S/C15H17BrO3S/c1-15(2)18-13-10(16)8-11(12(17)14(13)19-15)20-9-6-4-3-5-7-9/h3-8,11-14,17H,1-2H3/t11-,12+,13+,14-/m0/s1. The van der Waals surface area contributed by atoms with Gasteiger partial charge in [0.15, 0.2) is 5.79 Å². The van der Waals surface area contributed by atoms with Gasteiger partial charge in [-0.25, -0.2) is 0 Å². The molecule has 2 aliphatic rings. The fourth-order valence-corrected chi connectivity index (χ4v) is 4.50. The molecule has 0 spiro atoms. The number of ether oxygens (including phenoxy) is 2. The van der Waals surface area contributed by atoms with Crippen LogP contribution in [0.25, 0.3) is 0 Å². The van der Waals surface area contributed by atoms with E-state index in [1.165, 1.54) is 0 Å². The van der Waals surface area contributed by atoms with Crippen molar-refractivity contribution in [1.29, 1.82) is 0 Å². The van der Waals surface area contributed by atoms with Gasteiger partial charge in [-0.1, -0.05) is 40.2 Å². The molecule has 1 fully saturated rings. The van der Waals surface area contributed by atoms with Crippen molar-refractivity contribution in [3.8, 4) is 0 Å². The van der Waals surface area contributed by atoms with Crippen molar-refractivity contribution in [2.75, 3.05) is 0 Å². The van der Waals surface area contributed by atoms with Crippen LogP contribution in [0, 0.1) is 0 Å². The Labute approximate surface area is 131 Å². The summed E-state index contributed by atoms with van der Waals surface area (Å²) in [6.07, 6.45) is 0.889. The number of benzene rings is 1. The number of hydrogen-bond donors (Lipinski definition) is 1. The van der Waals surface area contributed by atoms with E-state index < -0.39 is 11.9 Å². The molecule has 0 unspecified atom stereocenters. The lowest BCUT2D eigenvalue weighted by Crippen LogP contribution is -2.44. The van der Waals surface area contributed by atoms with Crippen molar-refractivity contribution in [2.24, 2.45) is 0 Å². The second-order valence-electron chi connectivity index (χ2n) is 5.46. The minimum atomic E-state index is -0.657. The number of aliphatic hydroxyl groups excluding tert-OH is 1. The Kier molecular flexibility index (Phi) is 3.99. The second-order valence-corrected chi connectivity index (χ2v) is 7.63. The first-order valence-electron chi connectivity index (χ1n) is 6.59. The molecule has 1 heterocycles. The molecule has 0 amide bonds. The molecule has 0 aromatic heterocycles. The van der Waals surface area contributed by atoms with Gasteiger partial charge in [-0.15, -0.1) is 11.8 Å². The van der Waals surface area contributed by atoms with E-state index in [-0.39, 0.29) is 17.5 Å². The molecule has 1 aromatic carbocycles. The van der Waals surface area contributed by atoms with Gasteiger partial charge in [-0.05, 0) is 26.0 Å². The lowest BCUT2D eigenvalue weighted by Gasteiger charge is -2.32. The van der Waals surface area contributed by atoms with Gasteiger partial charge in [0.2, 0.25) is 0 Å². The predicted octanol–water partition coefficient (Wildman–Crippen LogP) is 3.32. The first kappa shape index (κ1) is 14.6. The molecule has 0 saturated carbocycles. The zero-order chi connectivity index (χ0) is 14.3.